The van der Waals surface area contributed by atoms with E-state index in [1.165, 1.54) is 51.0 Å². The van der Waals surface area contributed by atoms with Gasteiger partial charge in [-0.1, -0.05) is 30.3 Å². The highest BCUT2D eigenvalue weighted by Gasteiger charge is 2.23. The third-order valence-corrected chi connectivity index (χ3v) is 8.24. The van der Waals surface area contributed by atoms with Gasteiger partial charge in [-0.2, -0.15) is 0 Å². The third kappa shape index (κ3) is 4.88. The van der Waals surface area contributed by atoms with Crippen LogP contribution in [0.2, 0.25) is 0 Å². The Kier molecular flexibility index (Phi) is 6.81. The van der Waals surface area contributed by atoms with E-state index in [0.29, 0.717) is 22.9 Å². The smallest absolute Gasteiger partial charge is 0.264 e. The Labute approximate surface area is 204 Å². The Balaban J connectivity index is 1.49. The number of carbonyl (C=O) groups excluding carboxylic acids is 1. The molecule has 1 N–H and O–H groups in total. The zero-order chi connectivity index (χ0) is 24.3. The van der Waals surface area contributed by atoms with E-state index in [2.05, 4.69) is 36.3 Å². The predicted molar refractivity (Wildman–Crippen MR) is 138 cm³/mol. The van der Waals surface area contributed by atoms with Crippen LogP contribution in [0.5, 0.6) is 0 Å². The van der Waals surface area contributed by atoms with Crippen LogP contribution in [0.1, 0.15) is 28.4 Å². The summed E-state index contributed by atoms with van der Waals surface area (Å²) in [7, 11) is -3.75. The van der Waals surface area contributed by atoms with E-state index < -0.39 is 10.0 Å². The molecule has 0 fully saturated rings. The number of rotatable bonds is 7. The Bertz CT molecular complexity index is 1410. The first kappa shape index (κ1) is 23.7. The van der Waals surface area contributed by atoms with Crippen molar-refractivity contribution >= 4 is 38.1 Å². The minimum atomic E-state index is -3.75. The zero-order valence-electron chi connectivity index (χ0n) is 19.1. The van der Waals surface area contributed by atoms with Crippen molar-refractivity contribution in [3.8, 4) is 11.3 Å². The highest BCUT2D eigenvalue weighted by molar-refractivity contribution is 7.92. The quantitative estimate of drug-likeness (QED) is 0.349. The van der Waals surface area contributed by atoms with Crippen molar-refractivity contribution < 1.29 is 13.2 Å². The molecule has 0 aliphatic carbocycles. The number of carbonyl (C=O) groups is 1. The molecule has 4 rings (SSSR count). The number of para-hydroxylation sites is 1. The Morgan fingerprint density at radius 1 is 0.971 bits per heavy atom. The van der Waals surface area contributed by atoms with E-state index in [-0.39, 0.29) is 10.8 Å². The summed E-state index contributed by atoms with van der Waals surface area (Å²) in [4.78, 5) is 17.4. The number of nitrogens with one attached hydrogen (secondary N) is 1. The summed E-state index contributed by atoms with van der Waals surface area (Å²) in [6, 6.07) is 21.0. The molecule has 34 heavy (non-hydrogen) atoms. The number of aromatic nitrogens is 1. The molecule has 0 spiro atoms. The van der Waals surface area contributed by atoms with Crippen LogP contribution in [-0.2, 0) is 10.0 Å². The topological polar surface area (TPSA) is 79.4 Å². The molecule has 1 amide bonds. The molecule has 0 unspecified atom stereocenters. The van der Waals surface area contributed by atoms with Crippen LogP contribution in [0, 0.1) is 13.8 Å². The van der Waals surface area contributed by atoms with E-state index in [0.717, 1.165) is 11.3 Å². The van der Waals surface area contributed by atoms with Gasteiger partial charge in [0.2, 0.25) is 0 Å². The van der Waals surface area contributed by atoms with Crippen molar-refractivity contribution in [3.63, 3.8) is 0 Å². The first-order valence-corrected chi connectivity index (χ1v) is 13.1. The highest BCUT2D eigenvalue weighted by Crippen LogP contribution is 2.27. The number of aryl methyl sites for hydroxylation is 2. The average Bonchev–Trinajstić information content (AvgIpc) is 3.30. The van der Waals surface area contributed by atoms with E-state index in [4.69, 9.17) is 0 Å². The maximum atomic E-state index is 13.1. The van der Waals surface area contributed by atoms with Gasteiger partial charge in [-0.3, -0.25) is 14.4 Å². The molecule has 0 atom stereocenters. The van der Waals surface area contributed by atoms with Gasteiger partial charge in [-0.05, 0) is 74.4 Å². The van der Waals surface area contributed by atoms with E-state index in [1.54, 1.807) is 31.2 Å². The fourth-order valence-corrected chi connectivity index (χ4v) is 5.71. The minimum absolute atomic E-state index is 0.126. The lowest BCUT2D eigenvalue weighted by Crippen LogP contribution is -2.30. The molecule has 6 nitrogen and oxygen atoms in total. The molecule has 8 heteroatoms. The molecule has 0 radical (unpaired) electrons. The Morgan fingerprint density at radius 3 is 2.32 bits per heavy atom. The maximum absolute atomic E-state index is 13.1. The summed E-state index contributed by atoms with van der Waals surface area (Å²) >= 11 is 1.34. The van der Waals surface area contributed by atoms with Gasteiger partial charge in [0.05, 0.1) is 16.3 Å². The lowest BCUT2D eigenvalue weighted by atomic mass is 10.1. The van der Waals surface area contributed by atoms with Crippen molar-refractivity contribution in [3.05, 3.63) is 94.9 Å². The van der Waals surface area contributed by atoms with Crippen LogP contribution in [0.3, 0.4) is 0 Å². The number of hydrogen-bond acceptors (Lipinski definition) is 5. The fraction of sp³-hybridized carbons (Fsp3) is 0.154. The first-order chi connectivity index (χ1) is 16.3. The molecular weight excluding hydrogens is 466 g/mol. The summed E-state index contributed by atoms with van der Waals surface area (Å²) in [5.74, 6) is -0.347. The van der Waals surface area contributed by atoms with Crippen molar-refractivity contribution in [1.29, 1.82) is 0 Å². The van der Waals surface area contributed by atoms with Crippen LogP contribution in [0.15, 0.2) is 83.1 Å². The van der Waals surface area contributed by atoms with Crippen LogP contribution < -0.4 is 9.62 Å². The SMILES string of the molecule is CCN(c1ccccc1)S(=O)(=O)c1ccc(C(=O)Nc2nc(-c3ccc(C)c(C)c3)cs2)cc1. The van der Waals surface area contributed by atoms with Crippen molar-refractivity contribution in [2.45, 2.75) is 25.7 Å². The summed E-state index contributed by atoms with van der Waals surface area (Å²) in [5.41, 5.74) is 5.13. The lowest BCUT2D eigenvalue weighted by molar-refractivity contribution is 0.102. The molecular formula is C26H25N3O3S2. The average molecular weight is 492 g/mol. The Hall–Kier alpha value is -3.49. The van der Waals surface area contributed by atoms with Gasteiger partial charge < -0.3 is 0 Å². The predicted octanol–water partition coefficient (Wildman–Crippen LogP) is 5.89. The van der Waals surface area contributed by atoms with Gasteiger partial charge in [-0.15, -0.1) is 11.3 Å². The van der Waals surface area contributed by atoms with Gasteiger partial charge in [0.25, 0.3) is 15.9 Å². The molecule has 3 aromatic carbocycles. The summed E-state index contributed by atoms with van der Waals surface area (Å²) in [6.07, 6.45) is 0. The normalized spacial score (nSPS) is 11.3. The standard InChI is InChI=1S/C26H25N3O3S2/c1-4-29(22-8-6-5-7-9-22)34(31,32)23-14-12-20(13-15-23)25(30)28-26-27-24(17-33-26)21-11-10-18(2)19(3)16-21/h5-17H,4H2,1-3H3,(H,27,28,30). The lowest BCUT2D eigenvalue weighted by Gasteiger charge is -2.22. The highest BCUT2D eigenvalue weighted by atomic mass is 32.2. The van der Waals surface area contributed by atoms with Gasteiger partial charge in [0, 0.05) is 23.1 Å². The Morgan fingerprint density at radius 2 is 1.68 bits per heavy atom. The molecule has 0 aliphatic heterocycles. The van der Waals surface area contributed by atoms with Gasteiger partial charge >= 0.3 is 0 Å². The largest absolute Gasteiger partial charge is 0.298 e. The first-order valence-electron chi connectivity index (χ1n) is 10.8. The minimum Gasteiger partial charge on any atom is -0.298 e. The van der Waals surface area contributed by atoms with Crippen LogP contribution in [0.25, 0.3) is 11.3 Å². The van der Waals surface area contributed by atoms with Crippen LogP contribution >= 0.6 is 11.3 Å². The molecule has 174 valence electrons. The number of anilines is 2. The van der Waals surface area contributed by atoms with E-state index in [9.17, 15) is 13.2 Å². The number of benzene rings is 3. The monoisotopic (exact) mass is 491 g/mol. The van der Waals surface area contributed by atoms with Crippen LogP contribution in [-0.4, -0.2) is 25.9 Å². The molecule has 0 aliphatic rings. The number of amides is 1. The molecule has 0 saturated heterocycles. The summed E-state index contributed by atoms with van der Waals surface area (Å²) in [5, 5.41) is 5.18. The van der Waals surface area contributed by atoms with E-state index >= 15 is 0 Å². The van der Waals surface area contributed by atoms with Crippen molar-refractivity contribution in [2.24, 2.45) is 0 Å². The van der Waals surface area contributed by atoms with E-state index in [1.807, 2.05) is 17.5 Å². The fourth-order valence-electron chi connectivity index (χ4n) is 3.52. The summed E-state index contributed by atoms with van der Waals surface area (Å²) < 4.78 is 27.6. The second kappa shape index (κ2) is 9.79. The number of nitrogens with zero attached hydrogens (tertiary/aromatic N) is 2. The second-order valence-electron chi connectivity index (χ2n) is 7.82. The molecule has 1 aromatic heterocycles. The third-order valence-electron chi connectivity index (χ3n) is 5.56. The molecule has 0 saturated carbocycles. The number of sulfonamides is 1. The zero-order valence-corrected chi connectivity index (χ0v) is 20.8. The number of hydrogen-bond donors (Lipinski definition) is 1. The summed E-state index contributed by atoms with van der Waals surface area (Å²) in [6.45, 7) is 6.19. The van der Waals surface area contributed by atoms with Crippen molar-refractivity contribution in [2.75, 3.05) is 16.2 Å². The number of thiazole rings is 1. The van der Waals surface area contributed by atoms with Crippen molar-refractivity contribution in [1.82, 2.24) is 4.98 Å². The maximum Gasteiger partial charge on any atom is 0.264 e. The molecule has 1 heterocycles. The molecule has 0 bridgehead atoms. The molecule has 4 aromatic rings. The second-order valence-corrected chi connectivity index (χ2v) is 10.5. The van der Waals surface area contributed by atoms with Gasteiger partial charge in [0.1, 0.15) is 0 Å². The van der Waals surface area contributed by atoms with Crippen LogP contribution in [0.4, 0.5) is 10.8 Å². The van der Waals surface area contributed by atoms with Gasteiger partial charge in [-0.25, -0.2) is 13.4 Å². The van der Waals surface area contributed by atoms with Gasteiger partial charge in [0.15, 0.2) is 5.13 Å².